The molecule has 1 aromatic carbocycles. The Morgan fingerprint density at radius 1 is 1.11 bits per heavy atom. The van der Waals surface area contributed by atoms with E-state index in [9.17, 15) is 9.59 Å². The van der Waals surface area contributed by atoms with Crippen LogP contribution >= 0.6 is 0 Å². The van der Waals surface area contributed by atoms with E-state index in [1.807, 2.05) is 12.1 Å². The van der Waals surface area contributed by atoms with E-state index in [4.69, 9.17) is 5.11 Å². The summed E-state index contributed by atoms with van der Waals surface area (Å²) < 4.78 is 0. The van der Waals surface area contributed by atoms with Crippen molar-refractivity contribution in [3.63, 3.8) is 0 Å². The van der Waals surface area contributed by atoms with Gasteiger partial charge in [0, 0.05) is 5.56 Å². The molecule has 3 nitrogen and oxygen atoms in total. The van der Waals surface area contributed by atoms with Crippen molar-refractivity contribution in [3.8, 4) is 0 Å². The first-order valence-electron chi connectivity index (χ1n) is 6.33. The summed E-state index contributed by atoms with van der Waals surface area (Å²) in [6, 6.07) is 5.61. The van der Waals surface area contributed by atoms with E-state index < -0.39 is 11.4 Å². The Balaban J connectivity index is 2.35. The molecule has 0 aromatic heterocycles. The number of ketones is 1. The van der Waals surface area contributed by atoms with Crippen molar-refractivity contribution in [2.75, 3.05) is 0 Å². The standard InChI is InChI=1S/C15H18O3/c1-15(2,14(17)18)13(16)12-8-7-10-5-3-4-6-11(10)9-12/h7-9H,3-6H2,1-2H3,(H,17,18). The smallest absolute Gasteiger partial charge is 0.316 e. The molecule has 96 valence electrons. The normalized spacial score (nSPS) is 15.0. The Kier molecular flexibility index (Phi) is 3.24. The van der Waals surface area contributed by atoms with Gasteiger partial charge in [-0.1, -0.05) is 12.1 Å². The predicted octanol–water partition coefficient (Wildman–Crippen LogP) is 2.86. The van der Waals surface area contributed by atoms with Gasteiger partial charge in [0.25, 0.3) is 0 Å². The van der Waals surface area contributed by atoms with E-state index in [0.29, 0.717) is 5.56 Å². The van der Waals surface area contributed by atoms with Gasteiger partial charge in [-0.15, -0.1) is 0 Å². The van der Waals surface area contributed by atoms with Crippen LogP contribution in [0.3, 0.4) is 0 Å². The third kappa shape index (κ3) is 2.17. The summed E-state index contributed by atoms with van der Waals surface area (Å²) in [4.78, 5) is 23.3. The SMILES string of the molecule is CC(C)(C(=O)O)C(=O)c1ccc2c(c1)CCCC2. The van der Waals surface area contributed by atoms with Gasteiger partial charge < -0.3 is 5.11 Å². The Labute approximate surface area is 107 Å². The quantitative estimate of drug-likeness (QED) is 0.659. The van der Waals surface area contributed by atoms with Crippen LogP contribution in [0.1, 0.15) is 48.2 Å². The first-order chi connectivity index (χ1) is 8.43. The van der Waals surface area contributed by atoms with Crippen molar-refractivity contribution in [2.24, 2.45) is 5.41 Å². The Morgan fingerprint density at radius 3 is 2.33 bits per heavy atom. The number of carboxylic acids is 1. The third-order valence-corrected chi connectivity index (χ3v) is 3.71. The van der Waals surface area contributed by atoms with E-state index in [2.05, 4.69) is 0 Å². The van der Waals surface area contributed by atoms with Gasteiger partial charge in [0.1, 0.15) is 5.41 Å². The molecule has 0 saturated heterocycles. The number of fused-ring (bicyclic) bond motifs is 1. The van der Waals surface area contributed by atoms with Gasteiger partial charge in [0.2, 0.25) is 0 Å². The molecule has 3 heteroatoms. The largest absolute Gasteiger partial charge is 0.481 e. The molecule has 0 radical (unpaired) electrons. The maximum Gasteiger partial charge on any atom is 0.316 e. The van der Waals surface area contributed by atoms with Gasteiger partial charge in [-0.25, -0.2) is 0 Å². The molecule has 0 unspecified atom stereocenters. The van der Waals surface area contributed by atoms with Crippen molar-refractivity contribution in [3.05, 3.63) is 34.9 Å². The number of carbonyl (C=O) groups is 2. The van der Waals surface area contributed by atoms with E-state index in [1.54, 1.807) is 6.07 Å². The van der Waals surface area contributed by atoms with Crippen LogP contribution in [0.15, 0.2) is 18.2 Å². The molecule has 0 aliphatic heterocycles. The fraction of sp³-hybridized carbons (Fsp3) is 0.467. The minimum atomic E-state index is -1.36. The fourth-order valence-corrected chi connectivity index (χ4v) is 2.33. The number of aryl methyl sites for hydroxylation is 2. The molecule has 0 amide bonds. The van der Waals surface area contributed by atoms with Crippen LogP contribution in [0.2, 0.25) is 0 Å². The molecule has 0 bridgehead atoms. The van der Waals surface area contributed by atoms with Crippen molar-refractivity contribution in [1.29, 1.82) is 0 Å². The second-order valence-electron chi connectivity index (χ2n) is 5.45. The molecule has 1 aliphatic rings. The van der Waals surface area contributed by atoms with Gasteiger partial charge >= 0.3 is 5.97 Å². The zero-order valence-electron chi connectivity index (χ0n) is 10.8. The predicted molar refractivity (Wildman–Crippen MR) is 68.8 cm³/mol. The molecule has 1 aliphatic carbocycles. The molecule has 1 aromatic rings. The van der Waals surface area contributed by atoms with Crippen LogP contribution in [0, 0.1) is 5.41 Å². The summed E-state index contributed by atoms with van der Waals surface area (Å²) in [6.07, 6.45) is 4.39. The molecule has 2 rings (SSSR count). The summed E-state index contributed by atoms with van der Waals surface area (Å²) in [6.45, 7) is 2.91. The average molecular weight is 246 g/mol. The van der Waals surface area contributed by atoms with Gasteiger partial charge in [-0.3, -0.25) is 9.59 Å². The zero-order valence-corrected chi connectivity index (χ0v) is 10.8. The number of carbonyl (C=O) groups excluding carboxylic acids is 1. The van der Waals surface area contributed by atoms with E-state index in [1.165, 1.54) is 31.4 Å². The lowest BCUT2D eigenvalue weighted by molar-refractivity contribution is -0.144. The highest BCUT2D eigenvalue weighted by atomic mass is 16.4. The van der Waals surface area contributed by atoms with Crippen molar-refractivity contribution < 1.29 is 14.7 Å². The molecule has 0 spiro atoms. The van der Waals surface area contributed by atoms with E-state index in [-0.39, 0.29) is 5.78 Å². The molecule has 0 atom stereocenters. The topological polar surface area (TPSA) is 54.4 Å². The second-order valence-corrected chi connectivity index (χ2v) is 5.45. The number of carboxylic acid groups (broad SMARTS) is 1. The molecule has 0 fully saturated rings. The summed E-state index contributed by atoms with van der Waals surface area (Å²) in [5.41, 5.74) is 1.66. The highest BCUT2D eigenvalue weighted by Gasteiger charge is 2.36. The van der Waals surface area contributed by atoms with Crippen LogP contribution in [-0.4, -0.2) is 16.9 Å². The summed E-state index contributed by atoms with van der Waals surface area (Å²) >= 11 is 0. The lowest BCUT2D eigenvalue weighted by Gasteiger charge is -2.20. The first-order valence-corrected chi connectivity index (χ1v) is 6.33. The maximum atomic E-state index is 12.2. The number of benzene rings is 1. The Bertz CT molecular complexity index is 500. The summed E-state index contributed by atoms with van der Waals surface area (Å²) in [7, 11) is 0. The van der Waals surface area contributed by atoms with Crippen LogP contribution in [0.25, 0.3) is 0 Å². The monoisotopic (exact) mass is 246 g/mol. The summed E-state index contributed by atoms with van der Waals surface area (Å²) in [5, 5.41) is 9.09. The maximum absolute atomic E-state index is 12.2. The van der Waals surface area contributed by atoms with Gasteiger partial charge in [-0.05, 0) is 56.7 Å². The van der Waals surface area contributed by atoms with E-state index in [0.717, 1.165) is 19.3 Å². The van der Waals surface area contributed by atoms with Crippen molar-refractivity contribution >= 4 is 11.8 Å². The number of rotatable bonds is 3. The highest BCUT2D eigenvalue weighted by Crippen LogP contribution is 2.27. The molecular formula is C15H18O3. The lowest BCUT2D eigenvalue weighted by Crippen LogP contribution is -2.33. The Morgan fingerprint density at radius 2 is 1.72 bits per heavy atom. The van der Waals surface area contributed by atoms with E-state index >= 15 is 0 Å². The van der Waals surface area contributed by atoms with Crippen molar-refractivity contribution in [2.45, 2.75) is 39.5 Å². The first kappa shape index (κ1) is 12.8. The van der Waals surface area contributed by atoms with Crippen LogP contribution in [0.4, 0.5) is 0 Å². The second kappa shape index (κ2) is 4.56. The summed E-state index contributed by atoms with van der Waals surface area (Å²) in [5.74, 6) is -1.39. The highest BCUT2D eigenvalue weighted by molar-refractivity contribution is 6.11. The lowest BCUT2D eigenvalue weighted by atomic mass is 9.82. The molecule has 0 heterocycles. The average Bonchev–Trinajstić information content (AvgIpc) is 2.37. The number of hydrogen-bond acceptors (Lipinski definition) is 2. The number of aliphatic carboxylic acids is 1. The molecular weight excluding hydrogens is 228 g/mol. The van der Waals surface area contributed by atoms with Crippen LogP contribution in [0.5, 0.6) is 0 Å². The fourth-order valence-electron chi connectivity index (χ4n) is 2.33. The van der Waals surface area contributed by atoms with Gasteiger partial charge in [0.15, 0.2) is 5.78 Å². The number of hydrogen-bond donors (Lipinski definition) is 1. The van der Waals surface area contributed by atoms with Crippen LogP contribution in [-0.2, 0) is 17.6 Å². The Hall–Kier alpha value is -1.64. The minimum Gasteiger partial charge on any atom is -0.481 e. The number of Topliss-reactive ketones (excluding diaryl/α,β-unsaturated/α-hetero) is 1. The molecule has 18 heavy (non-hydrogen) atoms. The molecule has 1 N–H and O–H groups in total. The van der Waals surface area contributed by atoms with Gasteiger partial charge in [-0.2, -0.15) is 0 Å². The third-order valence-electron chi connectivity index (χ3n) is 3.71. The van der Waals surface area contributed by atoms with Gasteiger partial charge in [0.05, 0.1) is 0 Å². The molecule has 0 saturated carbocycles. The van der Waals surface area contributed by atoms with Crippen molar-refractivity contribution in [1.82, 2.24) is 0 Å². The zero-order chi connectivity index (χ0) is 13.3. The van der Waals surface area contributed by atoms with Crippen LogP contribution < -0.4 is 0 Å². The minimum absolute atomic E-state index is 0.316.